The van der Waals surface area contributed by atoms with Gasteiger partial charge in [0.2, 0.25) is 5.91 Å². The topological polar surface area (TPSA) is 80.6 Å². The fourth-order valence-electron chi connectivity index (χ4n) is 2.44. The number of hydroxylamine groups is 1. The molecule has 0 aliphatic heterocycles. The van der Waals surface area contributed by atoms with Gasteiger partial charge in [0.05, 0.1) is 0 Å². The molecule has 0 atom stereocenters. The van der Waals surface area contributed by atoms with Crippen LogP contribution < -0.4 is 15.8 Å². The molecule has 1 heterocycles. The minimum atomic E-state index is -4.84. The highest BCUT2D eigenvalue weighted by Gasteiger charge is 2.31. The van der Waals surface area contributed by atoms with Gasteiger partial charge in [-0.1, -0.05) is 26.0 Å². The number of nitrogens with one attached hydrogen (secondary N) is 1. The SMILES string of the molecule is CC(C)(CCn1cc(F)c(-c2ccc(OC(F)(F)F)cc2)cc1=O)C(=O)NO. The van der Waals surface area contributed by atoms with Gasteiger partial charge < -0.3 is 9.30 Å². The predicted molar refractivity (Wildman–Crippen MR) is 91.1 cm³/mol. The molecular formula is C18H18F4N2O4. The van der Waals surface area contributed by atoms with Gasteiger partial charge in [0.25, 0.3) is 5.56 Å². The molecule has 2 aromatic rings. The highest BCUT2D eigenvalue weighted by Crippen LogP contribution is 2.27. The monoisotopic (exact) mass is 402 g/mol. The summed E-state index contributed by atoms with van der Waals surface area (Å²) in [5.41, 5.74) is 0.127. The summed E-state index contributed by atoms with van der Waals surface area (Å²) in [5.74, 6) is -1.86. The minimum Gasteiger partial charge on any atom is -0.406 e. The van der Waals surface area contributed by atoms with Gasteiger partial charge in [0.15, 0.2) is 0 Å². The van der Waals surface area contributed by atoms with Crippen LogP contribution in [-0.4, -0.2) is 22.0 Å². The maximum Gasteiger partial charge on any atom is 0.573 e. The molecular weight excluding hydrogens is 384 g/mol. The molecule has 1 aromatic heterocycles. The first-order chi connectivity index (χ1) is 12.9. The molecule has 28 heavy (non-hydrogen) atoms. The van der Waals surface area contributed by atoms with E-state index in [4.69, 9.17) is 5.21 Å². The molecule has 1 aromatic carbocycles. The smallest absolute Gasteiger partial charge is 0.406 e. The lowest BCUT2D eigenvalue weighted by atomic mass is 9.88. The van der Waals surface area contributed by atoms with E-state index in [2.05, 4.69) is 4.74 Å². The van der Waals surface area contributed by atoms with Crippen molar-refractivity contribution in [1.29, 1.82) is 0 Å². The average Bonchev–Trinajstić information content (AvgIpc) is 2.60. The van der Waals surface area contributed by atoms with Gasteiger partial charge in [-0.25, -0.2) is 9.87 Å². The van der Waals surface area contributed by atoms with E-state index in [1.807, 2.05) is 0 Å². The second kappa shape index (κ2) is 8.01. The fraction of sp³-hybridized carbons (Fsp3) is 0.333. The standard InChI is InChI=1S/C18H18F4N2O4/c1-17(2,16(26)23-27)7-8-24-10-14(19)13(9-15(24)25)11-3-5-12(6-4-11)28-18(20,21)22/h3-6,9-10,27H,7-8H2,1-2H3,(H,23,26). The molecule has 0 aliphatic rings. The van der Waals surface area contributed by atoms with Crippen LogP contribution in [0.25, 0.3) is 11.1 Å². The molecule has 0 aliphatic carbocycles. The lowest BCUT2D eigenvalue weighted by molar-refractivity contribution is -0.274. The van der Waals surface area contributed by atoms with Crippen LogP contribution in [0.1, 0.15) is 20.3 Å². The van der Waals surface area contributed by atoms with Crippen LogP contribution in [0.4, 0.5) is 17.6 Å². The van der Waals surface area contributed by atoms with Crippen LogP contribution in [0.2, 0.25) is 0 Å². The third-order valence-electron chi connectivity index (χ3n) is 4.17. The number of aryl methyl sites for hydroxylation is 1. The van der Waals surface area contributed by atoms with Crippen LogP contribution in [0.3, 0.4) is 0 Å². The third-order valence-corrected chi connectivity index (χ3v) is 4.17. The fourth-order valence-corrected chi connectivity index (χ4v) is 2.44. The number of hydrogen-bond acceptors (Lipinski definition) is 4. The number of nitrogens with zero attached hydrogens (tertiary/aromatic N) is 1. The second-order valence-electron chi connectivity index (χ2n) is 6.71. The van der Waals surface area contributed by atoms with Crippen LogP contribution in [0.15, 0.2) is 41.3 Å². The van der Waals surface area contributed by atoms with Crippen molar-refractivity contribution in [2.45, 2.75) is 33.2 Å². The molecule has 2 N–H and O–H groups in total. The van der Waals surface area contributed by atoms with E-state index >= 15 is 0 Å². The summed E-state index contributed by atoms with van der Waals surface area (Å²) in [6.07, 6.45) is -3.72. The van der Waals surface area contributed by atoms with E-state index in [0.29, 0.717) is 0 Å². The van der Waals surface area contributed by atoms with Gasteiger partial charge in [0.1, 0.15) is 11.6 Å². The second-order valence-corrected chi connectivity index (χ2v) is 6.71. The molecule has 10 heteroatoms. The Bertz CT molecular complexity index is 905. The highest BCUT2D eigenvalue weighted by atomic mass is 19.4. The van der Waals surface area contributed by atoms with Crippen molar-refractivity contribution >= 4 is 5.91 Å². The lowest BCUT2D eigenvalue weighted by Gasteiger charge is -2.22. The van der Waals surface area contributed by atoms with E-state index in [1.54, 1.807) is 13.8 Å². The van der Waals surface area contributed by atoms with Crippen molar-refractivity contribution in [3.05, 3.63) is 52.7 Å². The molecule has 1 amide bonds. The zero-order valence-corrected chi connectivity index (χ0v) is 15.0. The first-order valence-electron chi connectivity index (χ1n) is 8.14. The molecule has 2 rings (SSSR count). The maximum atomic E-state index is 14.4. The summed E-state index contributed by atoms with van der Waals surface area (Å²) in [5, 5.41) is 8.71. The number of aromatic nitrogens is 1. The summed E-state index contributed by atoms with van der Waals surface area (Å²) >= 11 is 0. The predicted octanol–water partition coefficient (Wildman–Crippen LogP) is 3.47. The van der Waals surface area contributed by atoms with Crippen LogP contribution in [-0.2, 0) is 11.3 Å². The summed E-state index contributed by atoms with van der Waals surface area (Å²) < 4.78 is 55.8. The first kappa shape index (κ1) is 21.4. The van der Waals surface area contributed by atoms with E-state index in [9.17, 15) is 27.2 Å². The lowest BCUT2D eigenvalue weighted by Crippen LogP contribution is -2.36. The van der Waals surface area contributed by atoms with Gasteiger partial charge in [-0.05, 0) is 24.1 Å². The van der Waals surface area contributed by atoms with Gasteiger partial charge in [-0.2, -0.15) is 0 Å². The quantitative estimate of drug-likeness (QED) is 0.441. The minimum absolute atomic E-state index is 0.0226. The number of pyridine rings is 1. The first-order valence-corrected chi connectivity index (χ1v) is 8.14. The van der Waals surface area contributed by atoms with Gasteiger partial charge in [0, 0.05) is 29.8 Å². The van der Waals surface area contributed by atoms with Crippen molar-refractivity contribution in [3.63, 3.8) is 0 Å². The Labute approximate surface area is 157 Å². The van der Waals surface area contributed by atoms with Crippen molar-refractivity contribution in [3.8, 4) is 16.9 Å². The largest absolute Gasteiger partial charge is 0.573 e. The molecule has 0 unspecified atom stereocenters. The molecule has 152 valence electrons. The van der Waals surface area contributed by atoms with Crippen molar-refractivity contribution < 1.29 is 32.3 Å². The van der Waals surface area contributed by atoms with Crippen LogP contribution >= 0.6 is 0 Å². The number of ether oxygens (including phenoxy) is 1. The number of carbonyl (C=O) groups excluding carboxylic acids is 1. The molecule has 0 radical (unpaired) electrons. The Hall–Kier alpha value is -2.88. The Kier molecular flexibility index (Phi) is 6.13. The van der Waals surface area contributed by atoms with Crippen molar-refractivity contribution in [2.75, 3.05) is 0 Å². The van der Waals surface area contributed by atoms with Crippen LogP contribution in [0, 0.1) is 11.2 Å². The average molecular weight is 402 g/mol. The third kappa shape index (κ3) is 5.32. The van der Waals surface area contributed by atoms with Gasteiger partial charge in [-0.15, -0.1) is 13.2 Å². The Balaban J connectivity index is 2.22. The maximum absolute atomic E-state index is 14.4. The number of benzene rings is 1. The van der Waals surface area contributed by atoms with E-state index < -0.39 is 34.8 Å². The number of hydrogen-bond donors (Lipinski definition) is 2. The van der Waals surface area contributed by atoms with Crippen molar-refractivity contribution in [2.24, 2.45) is 5.41 Å². The summed E-state index contributed by atoms with van der Waals surface area (Å²) in [7, 11) is 0. The number of rotatable bonds is 6. The van der Waals surface area contributed by atoms with E-state index in [1.165, 1.54) is 17.6 Å². The summed E-state index contributed by atoms with van der Waals surface area (Å²) in [4.78, 5) is 23.8. The van der Waals surface area contributed by atoms with Gasteiger partial charge >= 0.3 is 6.36 Å². The normalized spacial score (nSPS) is 12.0. The molecule has 0 spiro atoms. The Morgan fingerprint density at radius 1 is 1.21 bits per heavy atom. The Morgan fingerprint density at radius 3 is 2.36 bits per heavy atom. The number of halogens is 4. The molecule has 0 saturated heterocycles. The zero-order valence-electron chi connectivity index (χ0n) is 15.0. The Morgan fingerprint density at radius 2 is 1.82 bits per heavy atom. The zero-order chi connectivity index (χ0) is 21.1. The number of alkyl halides is 3. The van der Waals surface area contributed by atoms with E-state index in [0.717, 1.165) is 29.0 Å². The van der Waals surface area contributed by atoms with Crippen molar-refractivity contribution in [1.82, 2.24) is 10.0 Å². The molecule has 0 fully saturated rings. The van der Waals surface area contributed by atoms with E-state index in [-0.39, 0.29) is 24.1 Å². The highest BCUT2D eigenvalue weighted by molar-refractivity contribution is 5.80. The number of carbonyl (C=O) groups is 1. The molecule has 6 nitrogen and oxygen atoms in total. The van der Waals surface area contributed by atoms with Gasteiger partial charge in [-0.3, -0.25) is 14.8 Å². The van der Waals surface area contributed by atoms with Crippen LogP contribution in [0.5, 0.6) is 5.75 Å². The molecule has 0 bridgehead atoms. The summed E-state index contributed by atoms with van der Waals surface area (Å²) in [6, 6.07) is 5.47. The summed E-state index contributed by atoms with van der Waals surface area (Å²) in [6.45, 7) is 3.13. The molecule has 0 saturated carbocycles. The number of amides is 1.